The summed E-state index contributed by atoms with van der Waals surface area (Å²) in [4.78, 5) is 24.8. The van der Waals surface area contributed by atoms with E-state index in [1.165, 1.54) is 17.3 Å². The SMILES string of the molecule is COc1ccc(CC2NNC(SCC(=O)Nc3c(C)cc(C)cc3C)NC2=O)cc1. The van der Waals surface area contributed by atoms with Gasteiger partial charge in [-0.05, 0) is 56.0 Å². The molecule has 3 rings (SSSR count). The van der Waals surface area contributed by atoms with Crippen molar-refractivity contribution in [2.24, 2.45) is 0 Å². The van der Waals surface area contributed by atoms with E-state index in [1.54, 1.807) is 7.11 Å². The summed E-state index contributed by atoms with van der Waals surface area (Å²) < 4.78 is 5.15. The molecular weight excluding hydrogens is 400 g/mol. The monoisotopic (exact) mass is 428 g/mol. The highest BCUT2D eigenvalue weighted by molar-refractivity contribution is 8.00. The average Bonchev–Trinajstić information content (AvgIpc) is 2.71. The molecule has 0 bridgehead atoms. The molecule has 0 saturated carbocycles. The van der Waals surface area contributed by atoms with Gasteiger partial charge in [0.05, 0.1) is 12.9 Å². The number of aryl methyl sites for hydroxylation is 3. The number of rotatable bonds is 7. The predicted octanol–water partition coefficient (Wildman–Crippen LogP) is 2.41. The van der Waals surface area contributed by atoms with Crippen molar-refractivity contribution in [2.75, 3.05) is 18.2 Å². The van der Waals surface area contributed by atoms with Gasteiger partial charge in [-0.1, -0.05) is 29.8 Å². The van der Waals surface area contributed by atoms with Crippen LogP contribution in [0.3, 0.4) is 0 Å². The third kappa shape index (κ3) is 5.75. The fourth-order valence-corrected chi connectivity index (χ4v) is 4.18. The van der Waals surface area contributed by atoms with E-state index in [0.717, 1.165) is 28.1 Å². The molecule has 1 aliphatic rings. The molecule has 1 saturated heterocycles. The molecule has 0 aliphatic carbocycles. The first-order valence-corrected chi connectivity index (χ1v) is 10.8. The molecule has 4 N–H and O–H groups in total. The number of carbonyl (C=O) groups excluding carboxylic acids is 2. The second kappa shape index (κ2) is 9.97. The van der Waals surface area contributed by atoms with E-state index < -0.39 is 0 Å². The Labute approximate surface area is 181 Å². The normalized spacial score (nSPS) is 18.6. The molecule has 0 spiro atoms. The number of hydrazine groups is 1. The molecule has 7 nitrogen and oxygen atoms in total. The first kappa shape index (κ1) is 22.1. The highest BCUT2D eigenvalue weighted by Gasteiger charge is 2.27. The lowest BCUT2D eigenvalue weighted by Gasteiger charge is -2.31. The van der Waals surface area contributed by atoms with Crippen molar-refractivity contribution in [3.8, 4) is 5.75 Å². The summed E-state index contributed by atoms with van der Waals surface area (Å²) in [5, 5.41) is 5.88. The molecule has 2 aromatic carbocycles. The molecule has 30 heavy (non-hydrogen) atoms. The number of amides is 2. The molecule has 160 valence electrons. The van der Waals surface area contributed by atoms with Gasteiger partial charge in [0.1, 0.15) is 17.3 Å². The lowest BCUT2D eigenvalue weighted by molar-refractivity contribution is -0.125. The Kier molecular flexibility index (Phi) is 7.36. The summed E-state index contributed by atoms with van der Waals surface area (Å²) in [7, 11) is 1.62. The number of hydrogen-bond donors (Lipinski definition) is 4. The van der Waals surface area contributed by atoms with Crippen LogP contribution in [0, 0.1) is 20.8 Å². The van der Waals surface area contributed by atoms with Crippen molar-refractivity contribution in [1.82, 2.24) is 16.2 Å². The van der Waals surface area contributed by atoms with E-state index in [1.807, 2.05) is 57.2 Å². The smallest absolute Gasteiger partial charge is 0.240 e. The van der Waals surface area contributed by atoms with Crippen LogP contribution < -0.4 is 26.2 Å². The van der Waals surface area contributed by atoms with Crippen molar-refractivity contribution >= 4 is 29.3 Å². The van der Waals surface area contributed by atoms with Crippen LogP contribution >= 0.6 is 11.8 Å². The molecule has 2 unspecified atom stereocenters. The van der Waals surface area contributed by atoms with Gasteiger partial charge in [-0.2, -0.15) is 0 Å². The molecule has 0 aromatic heterocycles. The number of benzene rings is 2. The molecular formula is C22H28N4O3S. The number of thioether (sulfide) groups is 1. The minimum absolute atomic E-state index is 0.104. The van der Waals surface area contributed by atoms with Crippen molar-refractivity contribution < 1.29 is 14.3 Å². The molecule has 2 aromatic rings. The average molecular weight is 429 g/mol. The number of methoxy groups -OCH3 is 1. The summed E-state index contributed by atoms with van der Waals surface area (Å²) in [6, 6.07) is 11.3. The predicted molar refractivity (Wildman–Crippen MR) is 120 cm³/mol. The molecule has 0 radical (unpaired) electrons. The zero-order chi connectivity index (χ0) is 21.7. The van der Waals surface area contributed by atoms with Crippen LogP contribution in [0.5, 0.6) is 5.75 Å². The van der Waals surface area contributed by atoms with E-state index >= 15 is 0 Å². The number of carbonyl (C=O) groups is 2. The summed E-state index contributed by atoms with van der Waals surface area (Å²) in [5.74, 6) is 0.790. The zero-order valence-corrected chi connectivity index (χ0v) is 18.5. The maximum atomic E-state index is 12.4. The van der Waals surface area contributed by atoms with Gasteiger partial charge in [-0.3, -0.25) is 9.59 Å². The fourth-order valence-electron chi connectivity index (χ4n) is 3.44. The van der Waals surface area contributed by atoms with Crippen molar-refractivity contribution in [2.45, 2.75) is 38.7 Å². The van der Waals surface area contributed by atoms with E-state index in [0.29, 0.717) is 6.42 Å². The van der Waals surface area contributed by atoms with Gasteiger partial charge in [0, 0.05) is 5.69 Å². The zero-order valence-electron chi connectivity index (χ0n) is 17.7. The lowest BCUT2D eigenvalue weighted by atomic mass is 10.1. The van der Waals surface area contributed by atoms with E-state index in [4.69, 9.17) is 4.74 Å². The van der Waals surface area contributed by atoms with E-state index in [2.05, 4.69) is 21.5 Å². The third-order valence-electron chi connectivity index (χ3n) is 4.90. The van der Waals surface area contributed by atoms with Gasteiger partial charge < -0.3 is 15.4 Å². The summed E-state index contributed by atoms with van der Waals surface area (Å²) >= 11 is 1.32. The first-order valence-electron chi connectivity index (χ1n) is 9.79. The molecule has 2 atom stereocenters. The van der Waals surface area contributed by atoms with Gasteiger partial charge in [0.2, 0.25) is 11.8 Å². The highest BCUT2D eigenvalue weighted by atomic mass is 32.2. The molecule has 1 fully saturated rings. The van der Waals surface area contributed by atoms with Crippen LogP contribution in [0.4, 0.5) is 5.69 Å². The van der Waals surface area contributed by atoms with Crippen LogP contribution in [0.25, 0.3) is 0 Å². The Hall–Kier alpha value is -2.55. The Morgan fingerprint density at radius 2 is 1.77 bits per heavy atom. The summed E-state index contributed by atoms with van der Waals surface area (Å²) in [5.41, 5.74) is 10.9. The van der Waals surface area contributed by atoms with Crippen LogP contribution in [-0.2, 0) is 16.0 Å². The minimum Gasteiger partial charge on any atom is -0.497 e. The quantitative estimate of drug-likeness (QED) is 0.541. The van der Waals surface area contributed by atoms with Crippen LogP contribution in [0.1, 0.15) is 22.3 Å². The molecule has 2 amide bonds. The summed E-state index contributed by atoms with van der Waals surface area (Å²) in [6.45, 7) is 6.00. The number of ether oxygens (including phenoxy) is 1. The maximum Gasteiger partial charge on any atom is 0.240 e. The Bertz CT molecular complexity index is 894. The highest BCUT2D eigenvalue weighted by Crippen LogP contribution is 2.22. The van der Waals surface area contributed by atoms with Crippen molar-refractivity contribution in [1.29, 1.82) is 0 Å². The largest absolute Gasteiger partial charge is 0.497 e. The summed E-state index contributed by atoms with van der Waals surface area (Å²) in [6.07, 6.45) is 0.548. The number of anilines is 1. The first-order chi connectivity index (χ1) is 14.4. The number of hydrogen-bond acceptors (Lipinski definition) is 6. The van der Waals surface area contributed by atoms with Crippen LogP contribution in [0.2, 0.25) is 0 Å². The molecule has 8 heteroatoms. The Morgan fingerprint density at radius 3 is 2.37 bits per heavy atom. The van der Waals surface area contributed by atoms with Gasteiger partial charge in [-0.25, -0.2) is 10.9 Å². The van der Waals surface area contributed by atoms with Gasteiger partial charge in [0.15, 0.2) is 0 Å². The van der Waals surface area contributed by atoms with E-state index in [9.17, 15) is 9.59 Å². The van der Waals surface area contributed by atoms with Gasteiger partial charge in [-0.15, -0.1) is 11.8 Å². The molecule has 1 heterocycles. The standard InChI is InChI=1S/C22H28N4O3S/c1-13-9-14(2)20(15(3)10-13)23-19(27)12-30-22-24-21(28)18(25-26-22)11-16-5-7-17(29-4)8-6-16/h5-10,18,22,25-26H,11-12H2,1-4H3,(H,23,27)(H,24,28). The van der Waals surface area contributed by atoms with Gasteiger partial charge >= 0.3 is 0 Å². The topological polar surface area (TPSA) is 91.5 Å². The second-order valence-corrected chi connectivity index (χ2v) is 8.51. The second-order valence-electron chi connectivity index (χ2n) is 7.41. The molecule has 1 aliphatic heterocycles. The van der Waals surface area contributed by atoms with Crippen molar-refractivity contribution in [3.05, 3.63) is 58.7 Å². The van der Waals surface area contributed by atoms with Crippen molar-refractivity contribution in [3.63, 3.8) is 0 Å². The minimum atomic E-state index is -0.387. The van der Waals surface area contributed by atoms with Gasteiger partial charge in [0.25, 0.3) is 0 Å². The maximum absolute atomic E-state index is 12.4. The third-order valence-corrected chi connectivity index (χ3v) is 5.90. The fraction of sp³-hybridized carbons (Fsp3) is 0.364. The van der Waals surface area contributed by atoms with E-state index in [-0.39, 0.29) is 29.1 Å². The Balaban J connectivity index is 1.46. The number of nitrogens with one attached hydrogen (secondary N) is 4. The van der Waals surface area contributed by atoms with Crippen LogP contribution in [0.15, 0.2) is 36.4 Å². The Morgan fingerprint density at radius 1 is 1.10 bits per heavy atom. The lowest BCUT2D eigenvalue weighted by Crippen LogP contribution is -2.64. The van der Waals surface area contributed by atoms with Crippen LogP contribution in [-0.4, -0.2) is 36.2 Å².